The Bertz CT molecular complexity index is 329. The predicted octanol–water partition coefficient (Wildman–Crippen LogP) is 4.60. The summed E-state index contributed by atoms with van der Waals surface area (Å²) in [5, 5.41) is 0. The first kappa shape index (κ1) is 15.7. The standard InChI is InChI=1S/C17H31NO2/c1-5-6-7-14-12-17(13-14)8-10-18(11-9-17)15(19)20-16(2,3)4/h14H,5-13H2,1-4H3. The van der Waals surface area contributed by atoms with Crippen LogP contribution in [0.5, 0.6) is 0 Å². The van der Waals surface area contributed by atoms with Crippen molar-refractivity contribution in [2.45, 2.75) is 78.2 Å². The van der Waals surface area contributed by atoms with Crippen LogP contribution in [-0.4, -0.2) is 29.7 Å². The molecule has 0 radical (unpaired) electrons. The molecule has 1 aliphatic heterocycles. The van der Waals surface area contributed by atoms with E-state index >= 15 is 0 Å². The van der Waals surface area contributed by atoms with Crippen LogP contribution in [0.1, 0.15) is 72.6 Å². The summed E-state index contributed by atoms with van der Waals surface area (Å²) in [5.74, 6) is 0.961. The lowest BCUT2D eigenvalue weighted by Gasteiger charge is -2.52. The van der Waals surface area contributed by atoms with Crippen LogP contribution in [0.2, 0.25) is 0 Å². The van der Waals surface area contributed by atoms with Crippen LogP contribution in [0.25, 0.3) is 0 Å². The third-order valence-electron chi connectivity index (χ3n) is 4.89. The monoisotopic (exact) mass is 281 g/mol. The van der Waals surface area contributed by atoms with Gasteiger partial charge in [0.2, 0.25) is 0 Å². The molecule has 0 bridgehead atoms. The molecule has 0 atom stereocenters. The number of carbonyl (C=O) groups is 1. The maximum absolute atomic E-state index is 12.0. The van der Waals surface area contributed by atoms with Gasteiger partial charge in [-0.3, -0.25) is 0 Å². The molecular formula is C17H31NO2. The zero-order valence-electron chi connectivity index (χ0n) is 13.7. The third-order valence-corrected chi connectivity index (χ3v) is 4.89. The maximum atomic E-state index is 12.0. The van der Waals surface area contributed by atoms with Gasteiger partial charge in [-0.05, 0) is 57.8 Å². The van der Waals surface area contributed by atoms with Crippen LogP contribution < -0.4 is 0 Å². The van der Waals surface area contributed by atoms with Crippen molar-refractivity contribution in [2.75, 3.05) is 13.1 Å². The summed E-state index contributed by atoms with van der Waals surface area (Å²) >= 11 is 0. The van der Waals surface area contributed by atoms with Crippen molar-refractivity contribution >= 4 is 6.09 Å². The van der Waals surface area contributed by atoms with Crippen molar-refractivity contribution in [3.63, 3.8) is 0 Å². The molecule has 0 unspecified atom stereocenters. The van der Waals surface area contributed by atoms with Gasteiger partial charge in [-0.25, -0.2) is 4.79 Å². The lowest BCUT2D eigenvalue weighted by atomic mass is 9.56. The van der Waals surface area contributed by atoms with Gasteiger partial charge in [0, 0.05) is 13.1 Å². The molecule has 1 saturated carbocycles. The lowest BCUT2D eigenvalue weighted by molar-refractivity contribution is -0.0294. The number of nitrogens with zero attached hydrogens (tertiary/aromatic N) is 1. The fraction of sp³-hybridized carbons (Fsp3) is 0.941. The number of carbonyl (C=O) groups excluding carboxylic acids is 1. The molecule has 20 heavy (non-hydrogen) atoms. The lowest BCUT2D eigenvalue weighted by Crippen LogP contribution is -2.49. The normalized spacial score (nSPS) is 22.7. The van der Waals surface area contributed by atoms with Crippen LogP contribution in [0.3, 0.4) is 0 Å². The number of rotatable bonds is 3. The Balaban J connectivity index is 1.72. The average molecular weight is 281 g/mol. The summed E-state index contributed by atoms with van der Waals surface area (Å²) in [6, 6.07) is 0. The molecule has 0 aromatic heterocycles. The Hall–Kier alpha value is -0.730. The second-order valence-corrected chi connectivity index (χ2v) is 7.88. The van der Waals surface area contributed by atoms with E-state index in [1.165, 1.54) is 44.9 Å². The summed E-state index contributed by atoms with van der Waals surface area (Å²) in [6.45, 7) is 9.83. The summed E-state index contributed by atoms with van der Waals surface area (Å²) in [4.78, 5) is 13.9. The van der Waals surface area contributed by atoms with Gasteiger partial charge in [0.1, 0.15) is 5.60 Å². The number of piperidine rings is 1. The molecule has 1 heterocycles. The van der Waals surface area contributed by atoms with E-state index in [1.54, 1.807) is 0 Å². The highest BCUT2D eigenvalue weighted by atomic mass is 16.6. The zero-order chi connectivity index (χ0) is 14.8. The third kappa shape index (κ3) is 3.89. The molecule has 2 fully saturated rings. The minimum absolute atomic E-state index is 0.130. The topological polar surface area (TPSA) is 29.5 Å². The van der Waals surface area contributed by atoms with E-state index in [1.807, 2.05) is 25.7 Å². The minimum Gasteiger partial charge on any atom is -0.444 e. The predicted molar refractivity (Wildman–Crippen MR) is 81.7 cm³/mol. The number of hydrogen-bond acceptors (Lipinski definition) is 2. The quantitative estimate of drug-likeness (QED) is 0.756. The Kier molecular flexibility index (Phi) is 4.66. The first-order valence-electron chi connectivity index (χ1n) is 8.31. The van der Waals surface area contributed by atoms with Crippen molar-refractivity contribution in [3.8, 4) is 0 Å². The van der Waals surface area contributed by atoms with Crippen molar-refractivity contribution in [3.05, 3.63) is 0 Å². The summed E-state index contributed by atoms with van der Waals surface area (Å²) in [5.41, 5.74) is 0.185. The minimum atomic E-state index is -0.381. The van der Waals surface area contributed by atoms with Gasteiger partial charge >= 0.3 is 6.09 Å². The van der Waals surface area contributed by atoms with Crippen molar-refractivity contribution in [1.29, 1.82) is 0 Å². The Morgan fingerprint density at radius 3 is 2.35 bits per heavy atom. The highest BCUT2D eigenvalue weighted by Crippen LogP contribution is 2.54. The van der Waals surface area contributed by atoms with Gasteiger partial charge in [0.05, 0.1) is 0 Å². The molecule has 3 nitrogen and oxygen atoms in total. The molecule has 2 rings (SSSR count). The van der Waals surface area contributed by atoms with Crippen molar-refractivity contribution < 1.29 is 9.53 Å². The zero-order valence-corrected chi connectivity index (χ0v) is 13.7. The van der Waals surface area contributed by atoms with E-state index in [2.05, 4.69) is 6.92 Å². The fourth-order valence-corrected chi connectivity index (χ4v) is 3.76. The largest absolute Gasteiger partial charge is 0.444 e. The van der Waals surface area contributed by atoms with E-state index in [0.29, 0.717) is 5.41 Å². The second-order valence-electron chi connectivity index (χ2n) is 7.88. The maximum Gasteiger partial charge on any atom is 0.410 e. The molecule has 3 heteroatoms. The number of hydrogen-bond donors (Lipinski definition) is 0. The molecular weight excluding hydrogens is 250 g/mol. The summed E-state index contributed by atoms with van der Waals surface area (Å²) in [6.07, 6.45) is 9.12. The average Bonchev–Trinajstić information content (AvgIpc) is 2.32. The van der Waals surface area contributed by atoms with E-state index in [9.17, 15) is 4.79 Å². The van der Waals surface area contributed by atoms with Gasteiger partial charge in [-0.15, -0.1) is 0 Å². The van der Waals surface area contributed by atoms with Crippen LogP contribution >= 0.6 is 0 Å². The molecule has 1 amide bonds. The first-order chi connectivity index (χ1) is 9.34. The molecule has 116 valence electrons. The molecule has 0 N–H and O–H groups in total. The Morgan fingerprint density at radius 2 is 1.85 bits per heavy atom. The molecule has 1 spiro atoms. The SMILES string of the molecule is CCCCC1CC2(CCN(C(=O)OC(C)(C)C)CC2)C1. The van der Waals surface area contributed by atoms with Gasteiger partial charge in [-0.1, -0.05) is 26.2 Å². The van der Waals surface area contributed by atoms with Crippen molar-refractivity contribution in [2.24, 2.45) is 11.3 Å². The van der Waals surface area contributed by atoms with E-state index < -0.39 is 0 Å². The van der Waals surface area contributed by atoms with Gasteiger partial charge in [-0.2, -0.15) is 0 Å². The van der Waals surface area contributed by atoms with Gasteiger partial charge < -0.3 is 9.64 Å². The molecule has 2 aliphatic rings. The Morgan fingerprint density at radius 1 is 1.25 bits per heavy atom. The number of likely N-dealkylation sites (tertiary alicyclic amines) is 1. The number of unbranched alkanes of at least 4 members (excludes halogenated alkanes) is 1. The Labute approximate surface area is 124 Å². The van der Waals surface area contributed by atoms with Crippen LogP contribution in [0.4, 0.5) is 4.79 Å². The summed E-state index contributed by atoms with van der Waals surface area (Å²) in [7, 11) is 0. The second kappa shape index (κ2) is 5.95. The number of ether oxygens (including phenoxy) is 1. The molecule has 1 saturated heterocycles. The molecule has 0 aromatic rings. The summed E-state index contributed by atoms with van der Waals surface area (Å²) < 4.78 is 5.46. The van der Waals surface area contributed by atoms with E-state index in [-0.39, 0.29) is 11.7 Å². The smallest absolute Gasteiger partial charge is 0.410 e. The first-order valence-corrected chi connectivity index (χ1v) is 8.31. The number of amides is 1. The van der Waals surface area contributed by atoms with Crippen molar-refractivity contribution in [1.82, 2.24) is 4.90 Å². The van der Waals surface area contributed by atoms with E-state index in [4.69, 9.17) is 4.74 Å². The highest BCUT2D eigenvalue weighted by molar-refractivity contribution is 5.68. The fourth-order valence-electron chi connectivity index (χ4n) is 3.76. The van der Waals surface area contributed by atoms with Gasteiger partial charge in [0.25, 0.3) is 0 Å². The van der Waals surface area contributed by atoms with Crippen LogP contribution in [-0.2, 0) is 4.74 Å². The highest BCUT2D eigenvalue weighted by Gasteiger charge is 2.46. The molecule has 0 aromatic carbocycles. The van der Waals surface area contributed by atoms with Crippen LogP contribution in [0.15, 0.2) is 0 Å². The van der Waals surface area contributed by atoms with Crippen LogP contribution in [0, 0.1) is 11.3 Å². The van der Waals surface area contributed by atoms with Gasteiger partial charge in [0.15, 0.2) is 0 Å². The molecule has 1 aliphatic carbocycles. The van der Waals surface area contributed by atoms with E-state index in [0.717, 1.165) is 19.0 Å².